The van der Waals surface area contributed by atoms with Gasteiger partial charge in [-0.15, -0.1) is 0 Å². The molecular weight excluding hydrogens is 334 g/mol. The van der Waals surface area contributed by atoms with Crippen molar-refractivity contribution < 1.29 is 19.7 Å². The van der Waals surface area contributed by atoms with Crippen molar-refractivity contribution in [1.82, 2.24) is 15.5 Å². The van der Waals surface area contributed by atoms with Gasteiger partial charge in [0.1, 0.15) is 0 Å². The van der Waals surface area contributed by atoms with E-state index in [1.54, 1.807) is 6.92 Å². The Labute approximate surface area is 154 Å². The van der Waals surface area contributed by atoms with Crippen molar-refractivity contribution in [1.29, 1.82) is 0 Å². The zero-order chi connectivity index (χ0) is 18.6. The second-order valence-electron chi connectivity index (χ2n) is 7.34. The number of benzene rings is 1. The predicted molar refractivity (Wildman–Crippen MR) is 97.7 cm³/mol. The number of hydrogen-bond acceptors (Lipinski definition) is 5. The standard InChI is InChI=1S/C19H29N3O4/c1-14(24)16-6-4-15(5-7-16)9-20-18(25)21-11-19(12-23)13-26-10-17-3-2-8-22(17)19/h4-7,14,17,23-24H,2-3,8-13H2,1H3,(H2,20,21,25)/t14?,17-,19+/m1/s1. The molecule has 26 heavy (non-hydrogen) atoms. The molecule has 4 N–H and O–H groups in total. The molecule has 3 rings (SSSR count). The molecule has 7 heteroatoms. The summed E-state index contributed by atoms with van der Waals surface area (Å²) >= 11 is 0. The molecule has 1 unspecified atom stereocenters. The maximum Gasteiger partial charge on any atom is 0.315 e. The quantitative estimate of drug-likeness (QED) is 0.599. The highest BCUT2D eigenvalue weighted by atomic mass is 16.5. The van der Waals surface area contributed by atoms with Crippen molar-refractivity contribution >= 4 is 6.03 Å². The number of aliphatic hydroxyl groups is 2. The third-order valence-electron chi connectivity index (χ3n) is 5.45. The summed E-state index contributed by atoms with van der Waals surface area (Å²) in [5.41, 5.74) is 1.28. The van der Waals surface area contributed by atoms with Gasteiger partial charge in [-0.1, -0.05) is 24.3 Å². The Morgan fingerprint density at radius 2 is 2.15 bits per heavy atom. The molecule has 0 aliphatic carbocycles. The lowest BCUT2D eigenvalue weighted by Gasteiger charge is -2.47. The summed E-state index contributed by atoms with van der Waals surface area (Å²) in [6.45, 7) is 4.51. The molecule has 1 aromatic carbocycles. The molecule has 0 aromatic heterocycles. The van der Waals surface area contributed by atoms with E-state index in [4.69, 9.17) is 4.74 Å². The number of morpholine rings is 1. The van der Waals surface area contributed by atoms with Gasteiger partial charge in [0.15, 0.2) is 0 Å². The van der Waals surface area contributed by atoms with Crippen LogP contribution in [-0.2, 0) is 11.3 Å². The van der Waals surface area contributed by atoms with Crippen LogP contribution in [0.15, 0.2) is 24.3 Å². The number of aliphatic hydroxyl groups excluding tert-OH is 2. The fourth-order valence-electron chi connectivity index (χ4n) is 3.85. The number of hydrogen-bond donors (Lipinski definition) is 4. The van der Waals surface area contributed by atoms with Gasteiger partial charge in [0, 0.05) is 19.1 Å². The number of carbonyl (C=O) groups is 1. The van der Waals surface area contributed by atoms with Crippen LogP contribution in [0.2, 0.25) is 0 Å². The van der Waals surface area contributed by atoms with E-state index < -0.39 is 11.6 Å². The Hall–Kier alpha value is -1.67. The Morgan fingerprint density at radius 1 is 1.38 bits per heavy atom. The number of amides is 2. The Bertz CT molecular complexity index is 607. The fraction of sp³-hybridized carbons (Fsp3) is 0.632. The van der Waals surface area contributed by atoms with Crippen LogP contribution in [-0.4, -0.2) is 65.6 Å². The number of carbonyl (C=O) groups excluding carboxylic acids is 1. The summed E-state index contributed by atoms with van der Waals surface area (Å²) < 4.78 is 5.69. The second-order valence-corrected chi connectivity index (χ2v) is 7.34. The summed E-state index contributed by atoms with van der Waals surface area (Å²) in [6.07, 6.45) is 1.68. The van der Waals surface area contributed by atoms with Gasteiger partial charge in [-0.2, -0.15) is 0 Å². The summed E-state index contributed by atoms with van der Waals surface area (Å²) in [4.78, 5) is 14.5. The van der Waals surface area contributed by atoms with E-state index in [2.05, 4.69) is 15.5 Å². The number of rotatable bonds is 6. The molecule has 2 amide bonds. The second kappa shape index (κ2) is 8.35. The molecule has 2 aliphatic heterocycles. The van der Waals surface area contributed by atoms with Gasteiger partial charge in [-0.05, 0) is 37.4 Å². The SMILES string of the molecule is CC(O)c1ccc(CNC(=O)NC[C@]2(CO)COC[C@H]3CCCN32)cc1. The van der Waals surface area contributed by atoms with Gasteiger partial charge in [0.25, 0.3) is 0 Å². The van der Waals surface area contributed by atoms with Crippen LogP contribution in [0.5, 0.6) is 0 Å². The summed E-state index contributed by atoms with van der Waals surface area (Å²) in [6, 6.07) is 7.57. The van der Waals surface area contributed by atoms with E-state index in [1.165, 1.54) is 0 Å². The first-order chi connectivity index (χ1) is 12.5. The largest absolute Gasteiger partial charge is 0.394 e. The average Bonchev–Trinajstić information content (AvgIpc) is 3.15. The Kier molecular flexibility index (Phi) is 6.13. The molecule has 0 radical (unpaired) electrons. The molecule has 2 saturated heterocycles. The van der Waals surface area contributed by atoms with E-state index in [1.807, 2.05) is 24.3 Å². The molecule has 2 fully saturated rings. The summed E-state index contributed by atoms with van der Waals surface area (Å²) in [5.74, 6) is 0. The maximum absolute atomic E-state index is 12.2. The topological polar surface area (TPSA) is 94.1 Å². The smallest absolute Gasteiger partial charge is 0.315 e. The lowest BCUT2D eigenvalue weighted by molar-refractivity contribution is -0.105. The first kappa shape index (κ1) is 19.1. The minimum atomic E-state index is -0.532. The first-order valence-corrected chi connectivity index (χ1v) is 9.28. The van der Waals surface area contributed by atoms with Crippen LogP contribution in [0.3, 0.4) is 0 Å². The lowest BCUT2D eigenvalue weighted by Crippen LogP contribution is -2.66. The van der Waals surface area contributed by atoms with E-state index in [0.717, 1.165) is 30.5 Å². The van der Waals surface area contributed by atoms with Crippen molar-refractivity contribution in [2.75, 3.05) is 32.9 Å². The van der Waals surface area contributed by atoms with Crippen molar-refractivity contribution in [2.24, 2.45) is 0 Å². The van der Waals surface area contributed by atoms with Gasteiger partial charge in [0.05, 0.1) is 31.5 Å². The van der Waals surface area contributed by atoms with Crippen LogP contribution in [0, 0.1) is 0 Å². The third kappa shape index (κ3) is 4.17. The van der Waals surface area contributed by atoms with Crippen LogP contribution in [0.25, 0.3) is 0 Å². The zero-order valence-corrected chi connectivity index (χ0v) is 15.3. The Balaban J connectivity index is 1.50. The first-order valence-electron chi connectivity index (χ1n) is 9.28. The minimum absolute atomic E-state index is 0.0371. The van der Waals surface area contributed by atoms with E-state index >= 15 is 0 Å². The van der Waals surface area contributed by atoms with Gasteiger partial charge in [-0.25, -0.2) is 4.79 Å². The van der Waals surface area contributed by atoms with Crippen molar-refractivity contribution in [2.45, 2.75) is 44.0 Å². The minimum Gasteiger partial charge on any atom is -0.394 e. The van der Waals surface area contributed by atoms with E-state index in [0.29, 0.717) is 32.3 Å². The molecule has 0 saturated carbocycles. The molecule has 0 spiro atoms. The molecule has 144 valence electrons. The molecule has 2 heterocycles. The average molecular weight is 363 g/mol. The molecular formula is C19H29N3O4. The van der Waals surface area contributed by atoms with Gasteiger partial charge < -0.3 is 25.6 Å². The van der Waals surface area contributed by atoms with Crippen molar-refractivity contribution in [3.8, 4) is 0 Å². The maximum atomic E-state index is 12.2. The fourth-order valence-corrected chi connectivity index (χ4v) is 3.85. The lowest BCUT2D eigenvalue weighted by atomic mass is 9.96. The highest BCUT2D eigenvalue weighted by Gasteiger charge is 2.46. The van der Waals surface area contributed by atoms with Crippen LogP contribution in [0.1, 0.15) is 37.0 Å². The van der Waals surface area contributed by atoms with Crippen LogP contribution < -0.4 is 10.6 Å². The van der Waals surface area contributed by atoms with E-state index in [-0.39, 0.29) is 12.6 Å². The number of nitrogens with one attached hydrogen (secondary N) is 2. The van der Waals surface area contributed by atoms with Gasteiger partial charge in [0.2, 0.25) is 0 Å². The predicted octanol–water partition coefficient (Wildman–Crippen LogP) is 0.765. The summed E-state index contributed by atoms with van der Waals surface area (Å²) in [5, 5.41) is 25.2. The number of fused-ring (bicyclic) bond motifs is 1. The molecule has 2 aliphatic rings. The monoisotopic (exact) mass is 363 g/mol. The van der Waals surface area contributed by atoms with E-state index in [9.17, 15) is 15.0 Å². The molecule has 1 aromatic rings. The number of urea groups is 1. The zero-order valence-electron chi connectivity index (χ0n) is 15.3. The van der Waals surface area contributed by atoms with Crippen molar-refractivity contribution in [3.63, 3.8) is 0 Å². The highest BCUT2D eigenvalue weighted by molar-refractivity contribution is 5.73. The molecule has 0 bridgehead atoms. The highest BCUT2D eigenvalue weighted by Crippen LogP contribution is 2.31. The Morgan fingerprint density at radius 3 is 2.85 bits per heavy atom. The van der Waals surface area contributed by atoms with Crippen LogP contribution in [0.4, 0.5) is 4.79 Å². The molecule has 7 nitrogen and oxygen atoms in total. The number of ether oxygens (including phenoxy) is 1. The summed E-state index contributed by atoms with van der Waals surface area (Å²) in [7, 11) is 0. The normalized spacial score (nSPS) is 27.0. The van der Waals surface area contributed by atoms with Gasteiger partial charge in [-0.3, -0.25) is 4.90 Å². The molecule has 3 atom stereocenters. The van der Waals surface area contributed by atoms with Crippen LogP contribution >= 0.6 is 0 Å². The van der Waals surface area contributed by atoms with Crippen molar-refractivity contribution in [3.05, 3.63) is 35.4 Å². The number of nitrogens with zero attached hydrogens (tertiary/aromatic N) is 1. The van der Waals surface area contributed by atoms with Gasteiger partial charge >= 0.3 is 6.03 Å². The third-order valence-corrected chi connectivity index (χ3v) is 5.45.